The Morgan fingerprint density at radius 3 is 3.00 bits per heavy atom. The smallest absolute Gasteiger partial charge is 0.352 e. The first kappa shape index (κ1) is 8.52. The Morgan fingerprint density at radius 1 is 1.77 bits per heavy atom. The van der Waals surface area contributed by atoms with E-state index in [4.69, 9.17) is 16.7 Å². The lowest BCUT2D eigenvalue weighted by Gasteiger charge is -1.95. The van der Waals surface area contributed by atoms with E-state index in [0.717, 1.165) is 4.70 Å². The van der Waals surface area contributed by atoms with Gasteiger partial charge in [0.1, 0.15) is 5.69 Å². The molecule has 0 radical (unpaired) electrons. The minimum atomic E-state index is -0.955. The van der Waals surface area contributed by atoms with Gasteiger partial charge in [0, 0.05) is 7.05 Å². The summed E-state index contributed by atoms with van der Waals surface area (Å²) in [5.74, 6) is -0.955. The predicted octanol–water partition coefficient (Wildman–Crippen LogP) is 1.99. The van der Waals surface area contributed by atoms with Crippen LogP contribution >= 0.6 is 22.9 Å². The molecule has 6 heteroatoms. The van der Waals surface area contributed by atoms with E-state index >= 15 is 0 Å². The summed E-state index contributed by atoms with van der Waals surface area (Å²) in [4.78, 5) is 14.7. The molecular formula is C7H5ClN2O2S. The third-order valence-corrected chi connectivity index (χ3v) is 2.87. The van der Waals surface area contributed by atoms with Crippen molar-refractivity contribution in [2.24, 2.45) is 7.05 Å². The summed E-state index contributed by atoms with van der Waals surface area (Å²) >= 11 is 6.95. The van der Waals surface area contributed by atoms with Crippen molar-refractivity contribution in [1.29, 1.82) is 0 Å². The lowest BCUT2D eigenvalue weighted by atomic mass is 10.4. The molecule has 2 heterocycles. The highest BCUT2D eigenvalue weighted by atomic mass is 35.5. The largest absolute Gasteiger partial charge is 0.477 e. The van der Waals surface area contributed by atoms with Crippen molar-refractivity contribution < 1.29 is 9.90 Å². The summed E-state index contributed by atoms with van der Waals surface area (Å²) in [6.45, 7) is 0. The molecule has 0 saturated carbocycles. The molecule has 2 aromatic rings. The molecule has 0 saturated heterocycles. The summed E-state index contributed by atoms with van der Waals surface area (Å²) < 4.78 is 2.74. The third kappa shape index (κ3) is 1.20. The Kier molecular flexibility index (Phi) is 1.78. The van der Waals surface area contributed by atoms with Crippen molar-refractivity contribution in [2.75, 3.05) is 0 Å². The van der Waals surface area contributed by atoms with Crippen LogP contribution in [0.25, 0.3) is 10.3 Å². The number of fused-ring (bicyclic) bond motifs is 1. The maximum absolute atomic E-state index is 10.7. The summed E-state index contributed by atoms with van der Waals surface area (Å²) in [5, 5.41) is 8.78. The van der Waals surface area contributed by atoms with Crippen LogP contribution in [0.4, 0.5) is 0 Å². The highest BCUT2D eigenvalue weighted by molar-refractivity contribution is 7.22. The molecule has 0 aliphatic carbocycles. The number of aryl methyl sites for hydroxylation is 1. The van der Waals surface area contributed by atoms with E-state index in [0.29, 0.717) is 10.1 Å². The fraction of sp³-hybridized carbons (Fsp3) is 0.143. The van der Waals surface area contributed by atoms with Gasteiger partial charge in [-0.3, -0.25) is 0 Å². The van der Waals surface area contributed by atoms with Crippen LogP contribution in [0.15, 0.2) is 6.07 Å². The highest BCUT2D eigenvalue weighted by Crippen LogP contribution is 2.27. The van der Waals surface area contributed by atoms with Crippen LogP contribution in [0.1, 0.15) is 10.5 Å². The molecule has 13 heavy (non-hydrogen) atoms. The second-order valence-electron chi connectivity index (χ2n) is 2.55. The molecular weight excluding hydrogens is 212 g/mol. The number of carbonyl (C=O) groups is 1. The molecule has 0 aliphatic rings. The van der Waals surface area contributed by atoms with Crippen molar-refractivity contribution in [1.82, 2.24) is 9.55 Å². The van der Waals surface area contributed by atoms with E-state index in [2.05, 4.69) is 4.98 Å². The Labute approximate surface area is 82.4 Å². The minimum Gasteiger partial charge on any atom is -0.477 e. The lowest BCUT2D eigenvalue weighted by Crippen LogP contribution is -2.03. The van der Waals surface area contributed by atoms with Gasteiger partial charge >= 0.3 is 5.97 Å². The lowest BCUT2D eigenvalue weighted by molar-refractivity contribution is 0.0687. The van der Waals surface area contributed by atoms with Crippen molar-refractivity contribution in [3.8, 4) is 0 Å². The van der Waals surface area contributed by atoms with Gasteiger partial charge in [0.2, 0.25) is 0 Å². The molecule has 1 N–H and O–H groups in total. The molecule has 0 unspecified atom stereocenters. The number of hydrogen-bond acceptors (Lipinski definition) is 3. The zero-order valence-electron chi connectivity index (χ0n) is 6.61. The summed E-state index contributed by atoms with van der Waals surface area (Å²) in [6.07, 6.45) is 0. The first-order valence-corrected chi connectivity index (χ1v) is 4.64. The summed E-state index contributed by atoms with van der Waals surface area (Å²) in [5.41, 5.74) is 0.845. The van der Waals surface area contributed by atoms with Crippen LogP contribution in [0.3, 0.4) is 0 Å². The highest BCUT2D eigenvalue weighted by Gasteiger charge is 2.14. The Balaban J connectivity index is 2.76. The molecule has 0 aromatic carbocycles. The first-order chi connectivity index (χ1) is 6.09. The quantitative estimate of drug-likeness (QED) is 0.793. The van der Waals surface area contributed by atoms with Crippen LogP contribution in [0.2, 0.25) is 4.47 Å². The van der Waals surface area contributed by atoms with Gasteiger partial charge in [0.15, 0.2) is 10.1 Å². The number of carboxylic acid groups (broad SMARTS) is 1. The maximum Gasteiger partial charge on any atom is 0.352 e. The van der Waals surface area contributed by atoms with Gasteiger partial charge in [-0.15, -0.1) is 11.3 Å². The number of halogens is 1. The Hall–Kier alpha value is -1.07. The third-order valence-electron chi connectivity index (χ3n) is 1.77. The monoisotopic (exact) mass is 216 g/mol. The second-order valence-corrected chi connectivity index (χ2v) is 4.16. The van der Waals surface area contributed by atoms with Crippen LogP contribution in [0, 0.1) is 0 Å². The van der Waals surface area contributed by atoms with E-state index < -0.39 is 5.97 Å². The first-order valence-electron chi connectivity index (χ1n) is 3.44. The summed E-state index contributed by atoms with van der Waals surface area (Å²) in [7, 11) is 1.65. The number of thiazole rings is 1. The van der Waals surface area contributed by atoms with Crippen molar-refractivity contribution in [3.63, 3.8) is 0 Å². The molecule has 0 atom stereocenters. The van der Waals surface area contributed by atoms with Gasteiger partial charge in [0.05, 0.1) is 4.70 Å². The molecule has 0 spiro atoms. The molecule has 2 aromatic heterocycles. The molecule has 0 aliphatic heterocycles. The topological polar surface area (TPSA) is 55.1 Å². The van der Waals surface area contributed by atoms with Crippen LogP contribution in [0.5, 0.6) is 0 Å². The molecule has 0 bridgehead atoms. The Morgan fingerprint density at radius 2 is 2.46 bits per heavy atom. The molecule has 68 valence electrons. The average Bonchev–Trinajstić information content (AvgIpc) is 2.51. The van der Waals surface area contributed by atoms with Gasteiger partial charge < -0.3 is 9.67 Å². The van der Waals surface area contributed by atoms with Gasteiger partial charge in [-0.05, 0) is 6.07 Å². The van der Waals surface area contributed by atoms with E-state index in [1.54, 1.807) is 13.1 Å². The molecule has 4 nitrogen and oxygen atoms in total. The number of hydrogen-bond donors (Lipinski definition) is 1. The van der Waals surface area contributed by atoms with Crippen molar-refractivity contribution in [2.45, 2.75) is 0 Å². The van der Waals surface area contributed by atoms with E-state index in [1.165, 1.54) is 15.9 Å². The van der Waals surface area contributed by atoms with Gasteiger partial charge in [-0.1, -0.05) is 11.6 Å². The van der Waals surface area contributed by atoms with Gasteiger partial charge in [-0.25, -0.2) is 9.78 Å². The minimum absolute atomic E-state index is 0.227. The average molecular weight is 217 g/mol. The Bertz CT molecular complexity index is 488. The number of aromatic nitrogens is 2. The van der Waals surface area contributed by atoms with Crippen molar-refractivity contribution >= 4 is 39.3 Å². The molecule has 0 amide bonds. The number of carboxylic acids is 1. The van der Waals surface area contributed by atoms with E-state index in [9.17, 15) is 4.79 Å². The maximum atomic E-state index is 10.7. The zero-order valence-corrected chi connectivity index (χ0v) is 8.19. The number of aromatic carboxylic acids is 1. The predicted molar refractivity (Wildman–Crippen MR) is 50.6 cm³/mol. The van der Waals surface area contributed by atoms with Gasteiger partial charge in [-0.2, -0.15) is 0 Å². The van der Waals surface area contributed by atoms with E-state index in [-0.39, 0.29) is 5.69 Å². The SMILES string of the molecule is Cn1c(C(=O)O)cc2sc(Cl)nc21. The normalized spacial score (nSPS) is 10.9. The zero-order chi connectivity index (χ0) is 9.59. The standard InChI is InChI=1S/C7H5ClN2O2S/c1-10-3(6(11)12)2-4-5(10)9-7(8)13-4/h2H,1H3,(H,11,12). The van der Waals surface area contributed by atoms with Crippen molar-refractivity contribution in [3.05, 3.63) is 16.2 Å². The second kappa shape index (κ2) is 2.71. The van der Waals surface area contributed by atoms with Crippen LogP contribution in [-0.4, -0.2) is 20.6 Å². The summed E-state index contributed by atoms with van der Waals surface area (Å²) in [6, 6.07) is 1.57. The van der Waals surface area contributed by atoms with E-state index in [1.807, 2.05) is 0 Å². The van der Waals surface area contributed by atoms with Crippen LogP contribution in [-0.2, 0) is 7.05 Å². The molecule has 2 rings (SSSR count). The number of nitrogens with zero attached hydrogens (tertiary/aromatic N) is 2. The fourth-order valence-electron chi connectivity index (χ4n) is 1.17. The number of rotatable bonds is 1. The van der Waals surface area contributed by atoms with Gasteiger partial charge in [0.25, 0.3) is 0 Å². The van der Waals surface area contributed by atoms with Crippen LogP contribution < -0.4 is 0 Å². The molecule has 0 fully saturated rings. The fourth-order valence-corrected chi connectivity index (χ4v) is 2.26.